The lowest BCUT2D eigenvalue weighted by Crippen LogP contribution is -2.41. The summed E-state index contributed by atoms with van der Waals surface area (Å²) in [6, 6.07) is 0. The summed E-state index contributed by atoms with van der Waals surface area (Å²) in [4.78, 5) is 0. The fraction of sp³-hybridized carbons (Fsp3) is 1.00. The first kappa shape index (κ1) is 5.49. The number of alkyl halides is 3. The molecule has 1 rings (SSSR count). The highest BCUT2D eigenvalue weighted by atomic mass is 19.4. The van der Waals surface area contributed by atoms with Crippen molar-refractivity contribution < 1.29 is 13.2 Å². The average Bonchev–Trinajstić information content (AvgIpc) is 2.16. The first-order chi connectivity index (χ1) is 3.46. The third-order valence-corrected chi connectivity index (χ3v) is 0.733. The number of halogens is 3. The number of hydrogen-bond donors (Lipinski definition) is 1. The molecule has 1 heterocycles. The molecule has 8 heavy (non-hydrogen) atoms. The molecule has 1 aliphatic rings. The van der Waals surface area contributed by atoms with Gasteiger partial charge in [-0.05, 0) is 0 Å². The zero-order chi connectivity index (χ0) is 6.41. The highest BCUT2D eigenvalue weighted by molar-refractivity contribution is 4.93. The van der Waals surface area contributed by atoms with Gasteiger partial charge in [-0.1, -0.05) is 0 Å². The zero-order valence-electron chi connectivity index (χ0n) is 3.61. The molecule has 0 aromatic carbocycles. The Bertz CT molecular complexity index is 127. The highest BCUT2D eigenvalue weighted by Crippen LogP contribution is 2.38. The van der Waals surface area contributed by atoms with E-state index in [0.717, 1.165) is 0 Å². The van der Waals surface area contributed by atoms with Crippen molar-refractivity contribution in [1.29, 1.82) is 0 Å². The van der Waals surface area contributed by atoms with Gasteiger partial charge >= 0.3 is 12.0 Å². The van der Waals surface area contributed by atoms with Crippen LogP contribution in [0.2, 0.25) is 0 Å². The topological polar surface area (TPSA) is 50.7 Å². The van der Waals surface area contributed by atoms with Crippen molar-refractivity contribution in [3.63, 3.8) is 0 Å². The van der Waals surface area contributed by atoms with Crippen molar-refractivity contribution in [2.24, 2.45) is 16.0 Å². The standard InChI is InChI=1S/C2H2F3N3/c3-1(4,5)2(6)7-8-2/h6H2. The van der Waals surface area contributed by atoms with Crippen molar-refractivity contribution in [3.8, 4) is 0 Å². The van der Waals surface area contributed by atoms with Gasteiger partial charge in [-0.15, -0.1) is 10.2 Å². The molecule has 0 atom stereocenters. The Labute approximate surface area is 42.4 Å². The Hall–Kier alpha value is -0.650. The second kappa shape index (κ2) is 1.02. The van der Waals surface area contributed by atoms with Crippen LogP contribution in [0.4, 0.5) is 13.2 Å². The molecule has 0 aromatic rings. The summed E-state index contributed by atoms with van der Waals surface area (Å²) in [5.41, 5.74) is 4.47. The molecule has 3 nitrogen and oxygen atoms in total. The lowest BCUT2D eigenvalue weighted by atomic mass is 10.4. The average molecular weight is 125 g/mol. The van der Waals surface area contributed by atoms with Gasteiger partial charge in [-0.2, -0.15) is 13.2 Å². The maximum absolute atomic E-state index is 11.3. The summed E-state index contributed by atoms with van der Waals surface area (Å²) < 4.78 is 33.9. The second-order valence-electron chi connectivity index (χ2n) is 1.42. The van der Waals surface area contributed by atoms with E-state index in [9.17, 15) is 13.2 Å². The smallest absolute Gasteiger partial charge is 0.278 e. The second-order valence-corrected chi connectivity index (χ2v) is 1.42. The van der Waals surface area contributed by atoms with Crippen molar-refractivity contribution in [3.05, 3.63) is 0 Å². The van der Waals surface area contributed by atoms with Gasteiger partial charge in [0, 0.05) is 0 Å². The molecule has 6 heteroatoms. The molecule has 0 saturated carbocycles. The summed E-state index contributed by atoms with van der Waals surface area (Å²) in [5.74, 6) is -2.56. The Kier molecular flexibility index (Phi) is 0.699. The number of nitrogens with two attached hydrogens (primary N) is 1. The van der Waals surface area contributed by atoms with Gasteiger partial charge in [-0.3, -0.25) is 5.73 Å². The molecule has 0 amide bonds. The van der Waals surface area contributed by atoms with Gasteiger partial charge < -0.3 is 0 Å². The molecule has 0 aromatic heterocycles. The van der Waals surface area contributed by atoms with E-state index in [2.05, 4.69) is 16.0 Å². The van der Waals surface area contributed by atoms with E-state index < -0.39 is 12.0 Å². The molecule has 0 spiro atoms. The minimum atomic E-state index is -4.51. The van der Waals surface area contributed by atoms with Gasteiger partial charge in [0.05, 0.1) is 0 Å². The Balaban J connectivity index is 2.61. The van der Waals surface area contributed by atoms with Crippen LogP contribution in [0.1, 0.15) is 0 Å². The third kappa shape index (κ3) is 0.568. The Morgan fingerprint density at radius 2 is 1.62 bits per heavy atom. The fourth-order valence-electron chi connectivity index (χ4n) is 0.167. The monoisotopic (exact) mass is 125 g/mol. The van der Waals surface area contributed by atoms with E-state index in [4.69, 9.17) is 0 Å². The van der Waals surface area contributed by atoms with Crippen LogP contribution in [0.3, 0.4) is 0 Å². The van der Waals surface area contributed by atoms with Crippen LogP contribution in [0.5, 0.6) is 0 Å². The largest absolute Gasteiger partial charge is 0.452 e. The Morgan fingerprint density at radius 3 is 1.62 bits per heavy atom. The van der Waals surface area contributed by atoms with Gasteiger partial charge in [0.2, 0.25) is 0 Å². The highest BCUT2D eigenvalue weighted by Gasteiger charge is 2.61. The Morgan fingerprint density at radius 1 is 1.25 bits per heavy atom. The molecule has 0 radical (unpaired) electrons. The fourth-order valence-corrected chi connectivity index (χ4v) is 0.167. The van der Waals surface area contributed by atoms with E-state index in [1.165, 1.54) is 0 Å². The van der Waals surface area contributed by atoms with Crippen LogP contribution >= 0.6 is 0 Å². The lowest BCUT2D eigenvalue weighted by Gasteiger charge is -2.06. The van der Waals surface area contributed by atoms with E-state index in [0.29, 0.717) is 0 Å². The number of rotatable bonds is 0. The van der Waals surface area contributed by atoms with Crippen molar-refractivity contribution in [2.45, 2.75) is 12.0 Å². The molecule has 2 N–H and O–H groups in total. The summed E-state index contributed by atoms with van der Waals surface area (Å²) >= 11 is 0. The van der Waals surface area contributed by atoms with Crippen molar-refractivity contribution in [2.75, 3.05) is 0 Å². The maximum atomic E-state index is 11.3. The van der Waals surface area contributed by atoms with Crippen LogP contribution in [0, 0.1) is 0 Å². The van der Waals surface area contributed by atoms with Crippen LogP contribution in [0.25, 0.3) is 0 Å². The van der Waals surface area contributed by atoms with Crippen LogP contribution in [0.15, 0.2) is 10.2 Å². The minimum absolute atomic E-state index is 2.56. The molecule has 0 saturated heterocycles. The number of hydrogen-bond acceptors (Lipinski definition) is 3. The summed E-state index contributed by atoms with van der Waals surface area (Å²) in [5, 5.41) is 5.17. The summed E-state index contributed by atoms with van der Waals surface area (Å²) in [6.07, 6.45) is -4.51. The lowest BCUT2D eigenvalue weighted by molar-refractivity contribution is -0.161. The van der Waals surface area contributed by atoms with Gasteiger partial charge in [0.15, 0.2) is 0 Å². The van der Waals surface area contributed by atoms with Gasteiger partial charge in [0.1, 0.15) is 0 Å². The molecule has 0 fully saturated rings. The third-order valence-electron chi connectivity index (χ3n) is 0.733. The summed E-state index contributed by atoms with van der Waals surface area (Å²) in [6.45, 7) is 0. The quantitative estimate of drug-likeness (QED) is 0.507. The normalized spacial score (nSPS) is 23.5. The van der Waals surface area contributed by atoms with Crippen molar-refractivity contribution >= 4 is 0 Å². The molecular formula is C2H2F3N3. The first-order valence-corrected chi connectivity index (χ1v) is 1.75. The molecule has 1 aliphatic heterocycles. The first-order valence-electron chi connectivity index (χ1n) is 1.75. The van der Waals surface area contributed by atoms with E-state index in [1.807, 2.05) is 0 Å². The predicted molar refractivity (Wildman–Crippen MR) is 17.8 cm³/mol. The van der Waals surface area contributed by atoms with Gasteiger partial charge in [-0.25, -0.2) is 0 Å². The zero-order valence-corrected chi connectivity index (χ0v) is 3.61. The maximum Gasteiger partial charge on any atom is 0.452 e. The van der Waals surface area contributed by atoms with E-state index >= 15 is 0 Å². The molecule has 0 bridgehead atoms. The van der Waals surface area contributed by atoms with E-state index in [-0.39, 0.29) is 0 Å². The molecular weight excluding hydrogens is 123 g/mol. The van der Waals surface area contributed by atoms with Crippen LogP contribution < -0.4 is 5.73 Å². The molecule has 0 aliphatic carbocycles. The predicted octanol–water partition coefficient (Wildman–Crippen LogP) is 0.627. The summed E-state index contributed by atoms with van der Waals surface area (Å²) in [7, 11) is 0. The minimum Gasteiger partial charge on any atom is -0.278 e. The number of nitrogens with zero attached hydrogens (tertiary/aromatic N) is 2. The van der Waals surface area contributed by atoms with E-state index in [1.54, 1.807) is 0 Å². The SMILES string of the molecule is NC1(C(F)(F)F)N=N1. The molecule has 46 valence electrons. The van der Waals surface area contributed by atoms with Gasteiger partial charge in [0.25, 0.3) is 0 Å². The van der Waals surface area contributed by atoms with Crippen LogP contribution in [-0.2, 0) is 0 Å². The van der Waals surface area contributed by atoms with Crippen molar-refractivity contribution in [1.82, 2.24) is 0 Å². The molecule has 0 unspecified atom stereocenters. The van der Waals surface area contributed by atoms with Crippen LogP contribution in [-0.4, -0.2) is 12.0 Å².